The summed E-state index contributed by atoms with van der Waals surface area (Å²) in [4.78, 5) is 21.6. The Morgan fingerprint density at radius 3 is 0.812 bits per heavy atom. The molecular weight excluding hydrogens is 465 g/mol. The molecule has 16 heteroatoms. The van der Waals surface area contributed by atoms with E-state index in [4.69, 9.17) is 26.9 Å². The molecule has 16 heavy (non-hydrogen) atoms. The molecule has 0 aliphatic carbocycles. The van der Waals surface area contributed by atoms with E-state index in [1.807, 2.05) is 0 Å². The molecule has 0 saturated heterocycles. The molecule has 6 nitrogen and oxygen atoms in total. The van der Waals surface area contributed by atoms with Crippen LogP contribution in [0.1, 0.15) is 0 Å². The van der Waals surface area contributed by atoms with E-state index in [0.717, 1.165) is 0 Å². The first-order valence-corrected chi connectivity index (χ1v) is 3.85. The van der Waals surface area contributed by atoms with Gasteiger partial charge in [0, 0.05) is 66.5 Å². The first-order chi connectivity index (χ1) is 4.00. The third-order valence-corrected chi connectivity index (χ3v) is 0. The summed E-state index contributed by atoms with van der Waals surface area (Å²) in [5, 5.41) is 0. The maximum absolute atomic E-state index is 8.88. The summed E-state index contributed by atoms with van der Waals surface area (Å²) in [5.74, 6) is 0. The second-order valence-electron chi connectivity index (χ2n) is 0.513. The second kappa shape index (κ2) is 60.4. The molecule has 0 aliphatic rings. The third-order valence-electron chi connectivity index (χ3n) is 0. The Kier molecular flexibility index (Phi) is 266. The van der Waals surface area contributed by atoms with Gasteiger partial charge in [-0.1, -0.05) is 0 Å². The van der Waals surface area contributed by atoms with Crippen molar-refractivity contribution in [3.8, 4) is 0 Å². The SMILES string of the molecule is O=P(O)(O)O.[Co].[Co].[LiH].[LiH].[LiH].[Ni].[Ni].[O]=[AlH].[O]=[Mn]. The molecule has 0 rings (SSSR count). The Bertz CT molecular complexity index is 104. The van der Waals surface area contributed by atoms with Crippen molar-refractivity contribution in [3.63, 3.8) is 0 Å². The van der Waals surface area contributed by atoms with Crippen LogP contribution < -0.4 is 0 Å². The van der Waals surface area contributed by atoms with Crippen molar-refractivity contribution in [3.05, 3.63) is 0 Å². The molecule has 0 atom stereocenters. The Hall–Kier alpha value is 4.55. The summed E-state index contributed by atoms with van der Waals surface area (Å²) in [7, 11) is -4.64. The maximum atomic E-state index is 8.88. The van der Waals surface area contributed by atoms with Gasteiger partial charge < -0.3 is 14.7 Å². The molecule has 0 heterocycles. The van der Waals surface area contributed by atoms with Crippen LogP contribution in [0.25, 0.3) is 0 Å². The molecule has 0 unspecified atom stereocenters. The van der Waals surface area contributed by atoms with Crippen molar-refractivity contribution in [1.29, 1.82) is 0 Å². The van der Waals surface area contributed by atoms with Crippen LogP contribution in [0.2, 0.25) is 0 Å². The average Bonchev–Trinajstić information content (AvgIpc) is 1.72. The van der Waals surface area contributed by atoms with E-state index in [1.54, 1.807) is 15.9 Å². The quantitative estimate of drug-likeness (QED) is 0.247. The minimum absolute atomic E-state index is 0. The standard InChI is InChI=1S/Al.2Co.3Li.Mn.2Ni.H3O4P.2O.4H/c;;;;;;;;;1-5(2,3)4;;;;;;/h;;;;;;;;;(H3,1,2,3,4);;;;;;. The molecule has 0 saturated carbocycles. The third kappa shape index (κ3) is 276. The Balaban J connectivity index is -0.00000000380. The average molecular weight is 472 g/mol. The van der Waals surface area contributed by atoms with Gasteiger partial charge in [0.05, 0.1) is 0 Å². The van der Waals surface area contributed by atoms with Crippen molar-refractivity contribution in [2.75, 3.05) is 0 Å². The van der Waals surface area contributed by atoms with E-state index in [2.05, 4.69) is 0 Å². The van der Waals surface area contributed by atoms with Gasteiger partial charge in [-0.2, -0.15) is 0 Å². The van der Waals surface area contributed by atoms with Gasteiger partial charge in [-0.25, -0.2) is 4.57 Å². The monoisotopic (exact) mass is 471 g/mol. The van der Waals surface area contributed by atoms with Gasteiger partial charge in [0.1, 0.15) is 0 Å². The minimum atomic E-state index is -4.64. The predicted octanol–water partition coefficient (Wildman–Crippen LogP) is -3.77. The molecule has 2 radical (unpaired) electrons. The fourth-order valence-electron chi connectivity index (χ4n) is 0. The molecule has 0 aromatic carbocycles. The van der Waals surface area contributed by atoms with Gasteiger partial charge >= 0.3 is 104 Å². The number of rotatable bonds is 0. The van der Waals surface area contributed by atoms with Crippen molar-refractivity contribution < 1.29 is 109 Å². The van der Waals surface area contributed by atoms with Crippen LogP contribution >= 0.6 is 7.82 Å². The molecule has 99 valence electrons. The summed E-state index contributed by atoms with van der Waals surface area (Å²) in [5.41, 5.74) is 0. The molecule has 0 spiro atoms. The van der Waals surface area contributed by atoms with E-state index in [9.17, 15) is 0 Å². The number of phosphoric acid groups is 1. The fourth-order valence-corrected chi connectivity index (χ4v) is 0. The van der Waals surface area contributed by atoms with Gasteiger partial charge in [0.15, 0.2) is 0 Å². The Morgan fingerprint density at radius 1 is 0.812 bits per heavy atom. The molecule has 3 N–H and O–H groups in total. The Labute approximate surface area is 187 Å². The first-order valence-electron chi connectivity index (χ1n) is 1.23. The van der Waals surface area contributed by atoms with E-state index in [0.29, 0.717) is 16.2 Å². The number of hydrogen-bond acceptors (Lipinski definition) is 3. The molecule has 0 bridgehead atoms. The van der Waals surface area contributed by atoms with Gasteiger partial charge in [-0.15, -0.1) is 0 Å². The van der Waals surface area contributed by atoms with E-state index >= 15 is 0 Å². The Morgan fingerprint density at radius 2 is 0.812 bits per heavy atom. The summed E-state index contributed by atoms with van der Waals surface area (Å²) >= 11 is 2.30. The molecule has 0 aromatic heterocycles. The van der Waals surface area contributed by atoms with Gasteiger partial charge in [0.2, 0.25) is 0 Å². The van der Waals surface area contributed by atoms with Crippen molar-refractivity contribution in [2.45, 2.75) is 0 Å². The first kappa shape index (κ1) is 70.6. The fraction of sp³-hybridized carbons (Fsp3) is 0. The summed E-state index contributed by atoms with van der Waals surface area (Å²) < 4.78 is 25.2. The van der Waals surface area contributed by atoms with E-state index in [1.165, 1.54) is 0 Å². The van der Waals surface area contributed by atoms with Crippen LogP contribution in [-0.2, 0) is 94.7 Å². The van der Waals surface area contributed by atoms with Crippen LogP contribution in [0.3, 0.4) is 0 Å². The summed E-state index contributed by atoms with van der Waals surface area (Å²) in [6, 6.07) is 0. The summed E-state index contributed by atoms with van der Waals surface area (Å²) in [6.45, 7) is 0. The van der Waals surface area contributed by atoms with Crippen LogP contribution in [0.4, 0.5) is 0 Å². The molecule has 0 amide bonds. The molecule has 0 aliphatic heterocycles. The van der Waals surface area contributed by atoms with Crippen molar-refractivity contribution in [1.82, 2.24) is 0 Å². The van der Waals surface area contributed by atoms with Crippen LogP contribution in [-0.4, -0.2) is 87.5 Å². The van der Waals surface area contributed by atoms with Gasteiger partial charge in [-0.3, -0.25) is 0 Å². The van der Waals surface area contributed by atoms with Crippen molar-refractivity contribution in [2.24, 2.45) is 0 Å². The zero-order chi connectivity index (χ0) is 8.50. The second-order valence-corrected chi connectivity index (χ2v) is 1.54. The molecule has 0 fully saturated rings. The van der Waals surface area contributed by atoms with E-state index < -0.39 is 7.82 Å². The zero-order valence-corrected chi connectivity index (χ0v) is 12.9. The van der Waals surface area contributed by atoms with E-state index in [-0.39, 0.29) is 123 Å². The summed E-state index contributed by atoms with van der Waals surface area (Å²) in [6.07, 6.45) is 0. The normalized spacial score (nSPS) is 4.12. The van der Waals surface area contributed by atoms with Crippen LogP contribution in [0.5, 0.6) is 0 Å². The van der Waals surface area contributed by atoms with Gasteiger partial charge in [-0.05, 0) is 0 Å². The van der Waals surface area contributed by atoms with Crippen LogP contribution in [0, 0.1) is 0 Å². The zero-order valence-electron chi connectivity index (χ0n) is 5.40. The van der Waals surface area contributed by atoms with Crippen LogP contribution in [0.15, 0.2) is 0 Å². The molecule has 0 aromatic rings. The number of hydrogen-bond donors (Lipinski definition) is 3. The topological polar surface area (TPSA) is 112 Å². The van der Waals surface area contributed by atoms with Gasteiger partial charge in [0.25, 0.3) is 0 Å². The predicted molar refractivity (Wildman–Crippen MR) is 44.2 cm³/mol. The van der Waals surface area contributed by atoms with Crippen molar-refractivity contribution >= 4 is 80.6 Å². The molecular formula is H7AlCo2Li3MnNi2O6P.